The number of carbonyl (C=O) groups excluding carboxylic acids is 2. The summed E-state index contributed by atoms with van der Waals surface area (Å²) in [5.41, 5.74) is 1.84. The summed E-state index contributed by atoms with van der Waals surface area (Å²) < 4.78 is 0. The fourth-order valence-corrected chi connectivity index (χ4v) is 3.63. The zero-order chi connectivity index (χ0) is 18.5. The van der Waals surface area contributed by atoms with Crippen LogP contribution in [0, 0.1) is 0 Å². The molecule has 0 radical (unpaired) electrons. The van der Waals surface area contributed by atoms with Crippen LogP contribution in [0.1, 0.15) is 24.9 Å². The lowest BCUT2D eigenvalue weighted by Crippen LogP contribution is -2.40. The highest BCUT2D eigenvalue weighted by atomic mass is 32.2. The quantitative estimate of drug-likeness (QED) is 0.786. The molecule has 2 N–H and O–H groups in total. The minimum atomic E-state index is -0.282. The molecule has 1 aliphatic heterocycles. The van der Waals surface area contributed by atoms with E-state index in [-0.39, 0.29) is 24.0 Å². The zero-order valence-corrected chi connectivity index (χ0v) is 15.8. The molecule has 2 aromatic carbocycles. The molecule has 1 saturated heterocycles. The molecule has 6 heteroatoms. The third-order valence-electron chi connectivity index (χ3n) is 4.57. The number of hydrogen-bond donors (Lipinski definition) is 2. The number of hydrogen-bond acceptors (Lipinski definition) is 3. The highest BCUT2D eigenvalue weighted by molar-refractivity contribution is 7.98. The Morgan fingerprint density at radius 2 is 1.96 bits per heavy atom. The van der Waals surface area contributed by atoms with E-state index in [0.29, 0.717) is 13.0 Å². The fourth-order valence-electron chi connectivity index (χ4n) is 3.17. The van der Waals surface area contributed by atoms with E-state index in [2.05, 4.69) is 10.6 Å². The summed E-state index contributed by atoms with van der Waals surface area (Å²) in [6, 6.07) is 17.1. The molecule has 0 aliphatic carbocycles. The van der Waals surface area contributed by atoms with Crippen molar-refractivity contribution < 1.29 is 9.59 Å². The molecule has 26 heavy (non-hydrogen) atoms. The monoisotopic (exact) mass is 369 g/mol. The molecule has 1 fully saturated rings. The van der Waals surface area contributed by atoms with Gasteiger partial charge in [0.15, 0.2) is 0 Å². The zero-order valence-electron chi connectivity index (χ0n) is 14.9. The van der Waals surface area contributed by atoms with Crippen LogP contribution in [0.5, 0.6) is 0 Å². The van der Waals surface area contributed by atoms with E-state index < -0.39 is 0 Å². The number of thioether (sulfide) groups is 1. The Morgan fingerprint density at radius 1 is 1.19 bits per heavy atom. The van der Waals surface area contributed by atoms with E-state index in [0.717, 1.165) is 16.1 Å². The second-order valence-corrected chi connectivity index (χ2v) is 7.24. The van der Waals surface area contributed by atoms with Gasteiger partial charge in [-0.05, 0) is 36.9 Å². The maximum atomic E-state index is 12.4. The van der Waals surface area contributed by atoms with Gasteiger partial charge >= 0.3 is 6.03 Å². The molecule has 2 atom stereocenters. The first-order valence-electron chi connectivity index (χ1n) is 8.63. The van der Waals surface area contributed by atoms with Gasteiger partial charge in [0.2, 0.25) is 5.91 Å². The van der Waals surface area contributed by atoms with Crippen LogP contribution in [0.2, 0.25) is 0 Å². The van der Waals surface area contributed by atoms with Crippen LogP contribution < -0.4 is 10.6 Å². The van der Waals surface area contributed by atoms with Crippen LogP contribution in [-0.4, -0.2) is 35.7 Å². The summed E-state index contributed by atoms with van der Waals surface area (Å²) in [5.74, 6) is 0.0658. The predicted molar refractivity (Wildman–Crippen MR) is 105 cm³/mol. The number of urea groups is 1. The van der Waals surface area contributed by atoms with Crippen molar-refractivity contribution in [2.24, 2.45) is 0 Å². The summed E-state index contributed by atoms with van der Waals surface area (Å²) in [6.45, 7) is 2.54. The average Bonchev–Trinajstić information content (AvgIpc) is 3.01. The molecule has 0 bridgehead atoms. The van der Waals surface area contributed by atoms with Crippen LogP contribution >= 0.6 is 11.8 Å². The Labute approximate surface area is 158 Å². The molecule has 2 aromatic rings. The molecule has 3 rings (SSSR count). The van der Waals surface area contributed by atoms with Crippen molar-refractivity contribution in [2.75, 3.05) is 18.1 Å². The van der Waals surface area contributed by atoms with Gasteiger partial charge in [0.25, 0.3) is 0 Å². The molecule has 136 valence electrons. The van der Waals surface area contributed by atoms with Crippen LogP contribution in [0.15, 0.2) is 59.5 Å². The van der Waals surface area contributed by atoms with Crippen molar-refractivity contribution in [3.63, 3.8) is 0 Å². The molecular weight excluding hydrogens is 346 g/mol. The molecule has 1 aliphatic rings. The van der Waals surface area contributed by atoms with Crippen molar-refractivity contribution in [2.45, 2.75) is 30.3 Å². The van der Waals surface area contributed by atoms with Gasteiger partial charge in [0.05, 0.1) is 12.1 Å². The standard InChI is InChI=1S/C20H23N3O2S/c1-14(15-7-4-3-5-8-15)23-13-17(12-19(23)24)22-20(25)21-16-9-6-10-18(11-16)26-2/h3-11,14,17H,12-13H2,1-2H3,(H2,21,22,25). The summed E-state index contributed by atoms with van der Waals surface area (Å²) in [6.07, 6.45) is 2.32. The Bertz CT molecular complexity index is 782. The average molecular weight is 369 g/mol. The van der Waals surface area contributed by atoms with Crippen molar-refractivity contribution in [3.05, 3.63) is 60.2 Å². The van der Waals surface area contributed by atoms with Gasteiger partial charge in [0.1, 0.15) is 0 Å². The van der Waals surface area contributed by atoms with E-state index in [1.807, 2.05) is 72.7 Å². The SMILES string of the molecule is CSc1cccc(NC(=O)NC2CC(=O)N(C(C)c3ccccc3)C2)c1. The van der Waals surface area contributed by atoms with Gasteiger partial charge < -0.3 is 15.5 Å². The van der Waals surface area contributed by atoms with Crippen LogP contribution in [0.4, 0.5) is 10.5 Å². The van der Waals surface area contributed by atoms with Gasteiger partial charge in [-0.2, -0.15) is 0 Å². The summed E-state index contributed by atoms with van der Waals surface area (Å²) in [5, 5.41) is 5.75. The van der Waals surface area contributed by atoms with Crippen molar-refractivity contribution in [1.82, 2.24) is 10.2 Å². The normalized spacial score (nSPS) is 17.8. The third kappa shape index (κ3) is 4.38. The number of anilines is 1. The number of carbonyl (C=O) groups is 2. The van der Waals surface area contributed by atoms with Crippen LogP contribution in [0.3, 0.4) is 0 Å². The smallest absolute Gasteiger partial charge is 0.319 e. The second-order valence-electron chi connectivity index (χ2n) is 6.36. The van der Waals surface area contributed by atoms with E-state index in [9.17, 15) is 9.59 Å². The lowest BCUT2D eigenvalue weighted by Gasteiger charge is -2.25. The second kappa shape index (κ2) is 8.27. The maximum absolute atomic E-state index is 12.4. The summed E-state index contributed by atoms with van der Waals surface area (Å²) >= 11 is 1.62. The number of nitrogens with zero attached hydrogens (tertiary/aromatic N) is 1. The van der Waals surface area contributed by atoms with Gasteiger partial charge in [0, 0.05) is 23.5 Å². The third-order valence-corrected chi connectivity index (χ3v) is 5.30. The van der Waals surface area contributed by atoms with Gasteiger partial charge in [-0.3, -0.25) is 4.79 Å². The highest BCUT2D eigenvalue weighted by Gasteiger charge is 2.33. The first-order chi connectivity index (χ1) is 12.6. The van der Waals surface area contributed by atoms with Crippen LogP contribution in [0.25, 0.3) is 0 Å². The minimum Gasteiger partial charge on any atom is -0.334 e. The molecule has 3 amide bonds. The summed E-state index contributed by atoms with van der Waals surface area (Å²) in [7, 11) is 0. The molecular formula is C20H23N3O2S. The van der Waals surface area contributed by atoms with Crippen molar-refractivity contribution >= 4 is 29.4 Å². The number of likely N-dealkylation sites (tertiary alicyclic amines) is 1. The lowest BCUT2D eigenvalue weighted by atomic mass is 10.1. The van der Waals surface area contributed by atoms with Gasteiger partial charge in [-0.25, -0.2) is 4.79 Å². The highest BCUT2D eigenvalue weighted by Crippen LogP contribution is 2.25. The maximum Gasteiger partial charge on any atom is 0.319 e. The lowest BCUT2D eigenvalue weighted by molar-refractivity contribution is -0.129. The molecule has 1 heterocycles. The topological polar surface area (TPSA) is 61.4 Å². The molecule has 0 aromatic heterocycles. The van der Waals surface area contributed by atoms with Gasteiger partial charge in [-0.1, -0.05) is 36.4 Å². The van der Waals surface area contributed by atoms with E-state index in [1.165, 1.54) is 0 Å². The Kier molecular flexibility index (Phi) is 5.83. The Balaban J connectivity index is 1.57. The number of nitrogens with one attached hydrogen (secondary N) is 2. The van der Waals surface area contributed by atoms with Crippen LogP contribution in [-0.2, 0) is 4.79 Å². The minimum absolute atomic E-state index is 0.00294. The molecule has 5 nitrogen and oxygen atoms in total. The molecule has 2 unspecified atom stereocenters. The number of amides is 3. The largest absolute Gasteiger partial charge is 0.334 e. The first-order valence-corrected chi connectivity index (χ1v) is 9.85. The van der Waals surface area contributed by atoms with E-state index in [1.54, 1.807) is 11.8 Å². The Morgan fingerprint density at radius 3 is 2.69 bits per heavy atom. The predicted octanol–water partition coefficient (Wildman–Crippen LogP) is 3.89. The first kappa shape index (κ1) is 18.3. The molecule has 0 saturated carbocycles. The van der Waals surface area contributed by atoms with E-state index >= 15 is 0 Å². The van der Waals surface area contributed by atoms with Crippen molar-refractivity contribution in [1.29, 1.82) is 0 Å². The summed E-state index contributed by atoms with van der Waals surface area (Å²) in [4.78, 5) is 27.5. The Hall–Kier alpha value is -2.47. The van der Waals surface area contributed by atoms with E-state index in [4.69, 9.17) is 0 Å². The molecule has 0 spiro atoms. The van der Waals surface area contributed by atoms with Crippen molar-refractivity contribution in [3.8, 4) is 0 Å². The number of benzene rings is 2. The van der Waals surface area contributed by atoms with Gasteiger partial charge in [-0.15, -0.1) is 11.8 Å². The fraction of sp³-hybridized carbons (Fsp3) is 0.300. The number of rotatable bonds is 5.